The zero-order chi connectivity index (χ0) is 69.2. The first kappa shape index (κ1) is 85.3. The maximum absolute atomic E-state index is 13.4. The van der Waals surface area contributed by atoms with Crippen LogP contribution in [0.4, 0.5) is 9.59 Å². The second kappa shape index (κ2) is 43.7. The van der Waals surface area contributed by atoms with Crippen LogP contribution in [0.3, 0.4) is 0 Å². The van der Waals surface area contributed by atoms with Crippen LogP contribution < -0.4 is 111 Å². The fourth-order valence-electron chi connectivity index (χ4n) is 14.1. The molecule has 0 aromatic carbocycles. The Hall–Kier alpha value is -3.34. The van der Waals surface area contributed by atoms with Crippen molar-refractivity contribution in [2.75, 3.05) is 77.3 Å². The van der Waals surface area contributed by atoms with E-state index in [9.17, 15) is 66.9 Å². The number of rotatable bonds is 35. The molecule has 0 bridgehead atoms. The third-order valence-corrected chi connectivity index (χ3v) is 23.6. The van der Waals surface area contributed by atoms with Gasteiger partial charge in [0.1, 0.15) is 15.2 Å². The number of nitrogens with one attached hydrogen (secondary N) is 8. The van der Waals surface area contributed by atoms with Gasteiger partial charge in [-0.3, -0.25) is 48.2 Å². The van der Waals surface area contributed by atoms with Gasteiger partial charge < -0.3 is 70.5 Å². The Morgan fingerprint density at radius 1 is 0.602 bits per heavy atom. The van der Waals surface area contributed by atoms with Crippen molar-refractivity contribution in [3.05, 3.63) is 49.1 Å². The van der Waals surface area contributed by atoms with E-state index in [1.807, 2.05) is 35.7 Å². The van der Waals surface area contributed by atoms with Crippen LogP contribution in [0.15, 0.2) is 49.1 Å². The summed E-state index contributed by atoms with van der Waals surface area (Å²) < 4.78 is 31.2. The molecule has 11 unspecified atom stereocenters. The Labute approximate surface area is 630 Å². The minimum absolute atomic E-state index is 0. The summed E-state index contributed by atoms with van der Waals surface area (Å²) in [6.45, 7) is 8.92. The quantitative estimate of drug-likeness (QED) is 0.00724. The Kier molecular flexibility index (Phi) is 38.0. The maximum Gasteiger partial charge on any atom is 1.00 e. The van der Waals surface area contributed by atoms with Crippen LogP contribution in [0, 0.1) is 41.4 Å². The molecular weight excluding hydrogens is 1360 g/mol. The van der Waals surface area contributed by atoms with Crippen molar-refractivity contribution in [2.24, 2.45) is 41.4 Å². The van der Waals surface area contributed by atoms with Crippen molar-refractivity contribution in [1.82, 2.24) is 52.3 Å². The van der Waals surface area contributed by atoms with Gasteiger partial charge in [0.25, 0.3) is 11.8 Å². The molecule has 6 heterocycles. The fraction of sp³-hybridized carbons (Fsp3) is 0.727. The number of carbonyl (C=O) groups excluding carboxylic acids is 10. The molecule has 9 rings (SSSR count). The summed E-state index contributed by atoms with van der Waals surface area (Å²) in [7, 11) is -7.37. The van der Waals surface area contributed by atoms with Gasteiger partial charge in [0.15, 0.2) is 0 Å². The van der Waals surface area contributed by atoms with E-state index in [0.29, 0.717) is 81.9 Å². The summed E-state index contributed by atoms with van der Waals surface area (Å²) in [6.07, 6.45) is 29.1. The number of fused-ring (bicyclic) bond motifs is 3. The predicted octanol–water partition coefficient (Wildman–Crippen LogP) is -0.919. The average molecular weight is 1460 g/mol. The third-order valence-electron chi connectivity index (χ3n) is 19.3. The number of thioether (sulfide) groups is 2. The van der Waals surface area contributed by atoms with Crippen molar-refractivity contribution in [3.8, 4) is 0 Å². The fourth-order valence-corrected chi connectivity index (χ4v) is 18.0. The average Bonchev–Trinajstić information content (AvgIpc) is 1.62. The number of imide groups is 2. The van der Waals surface area contributed by atoms with E-state index in [-0.39, 0.29) is 185 Å². The molecule has 26 nitrogen and oxygen atoms in total. The van der Waals surface area contributed by atoms with Crippen molar-refractivity contribution >= 4 is 98.0 Å². The predicted molar refractivity (Wildman–Crippen MR) is 364 cm³/mol. The van der Waals surface area contributed by atoms with Crippen LogP contribution in [0.5, 0.6) is 0 Å². The second-order valence-corrected chi connectivity index (χ2v) is 32.8. The molecule has 8 N–H and O–H groups in total. The molecule has 2 saturated carbocycles. The SMILES string of the molecule is C=C/C=C/CCOP(C)(=O)[O-].CP(=O)([O-])OCCC1C=CCC2C(=O)N(CC3CCC(C(=O)NCCCCNC(=O)CCCCC4SCC5NC(=O)NC54)CC3)C(=O)C12.O=C(CCCCC1SCC2NC(=O)NC21)NCCCCNC(=O)C1CCC(CN2C(=O)C=CC2=O)CC1.[Na+].[Na+]. The van der Waals surface area contributed by atoms with Crippen molar-refractivity contribution in [2.45, 2.75) is 182 Å². The Morgan fingerprint density at radius 2 is 1.05 bits per heavy atom. The molecule has 11 atom stereocenters. The van der Waals surface area contributed by atoms with E-state index >= 15 is 0 Å². The summed E-state index contributed by atoms with van der Waals surface area (Å²) in [6, 6.07) is 0.759. The van der Waals surface area contributed by atoms with Crippen LogP contribution >= 0.6 is 38.7 Å². The van der Waals surface area contributed by atoms with Crippen LogP contribution in [0.25, 0.3) is 0 Å². The number of likely N-dealkylation sites (tertiary alicyclic amines) is 1. The van der Waals surface area contributed by atoms with Gasteiger partial charge in [0.05, 0.1) is 49.2 Å². The number of unbranched alkanes of at least 4 members (excludes halogenated alkanes) is 4. The number of carbonyl (C=O) groups is 10. The van der Waals surface area contributed by atoms with Crippen molar-refractivity contribution in [1.29, 1.82) is 0 Å². The van der Waals surface area contributed by atoms with Crippen molar-refractivity contribution < 1.29 is 135 Å². The van der Waals surface area contributed by atoms with Gasteiger partial charge in [0, 0.05) is 111 Å². The molecule has 536 valence electrons. The third kappa shape index (κ3) is 28.7. The summed E-state index contributed by atoms with van der Waals surface area (Å²) >= 11 is 3.79. The number of urea groups is 2. The number of allylic oxidation sites excluding steroid dienone is 4. The Balaban J connectivity index is 0.000000308. The molecule has 32 heteroatoms. The topological polar surface area (TPSA) is 372 Å². The molecule has 98 heavy (non-hydrogen) atoms. The molecular formula is C66H102N10Na2O16P2S2. The summed E-state index contributed by atoms with van der Waals surface area (Å²) in [5.41, 5.74) is 0. The van der Waals surface area contributed by atoms with Gasteiger partial charge in [-0.25, -0.2) is 9.59 Å². The van der Waals surface area contributed by atoms with Gasteiger partial charge in [0.2, 0.25) is 35.4 Å². The minimum atomic E-state index is -3.85. The Bertz CT molecular complexity index is 2870. The zero-order valence-corrected chi connectivity index (χ0v) is 65.1. The molecule has 12 amide bonds. The minimum Gasteiger partial charge on any atom is -0.779 e. The summed E-state index contributed by atoms with van der Waals surface area (Å²) in [5.74, 6) is 0.597. The summed E-state index contributed by atoms with van der Waals surface area (Å²) in [4.78, 5) is 147. The molecule has 0 aromatic rings. The molecule has 0 radical (unpaired) electrons. The first-order valence-electron chi connectivity index (χ1n) is 34.6. The smallest absolute Gasteiger partial charge is 0.779 e. The van der Waals surface area contributed by atoms with E-state index in [0.717, 1.165) is 140 Å². The van der Waals surface area contributed by atoms with Gasteiger partial charge in [-0.15, -0.1) is 0 Å². The number of amides is 12. The number of hydrogen-bond acceptors (Lipinski definition) is 18. The van der Waals surface area contributed by atoms with Crippen LogP contribution in [-0.4, -0.2) is 181 Å². The maximum atomic E-state index is 13.4. The van der Waals surface area contributed by atoms with E-state index < -0.39 is 27.0 Å². The Morgan fingerprint density at radius 3 is 1.51 bits per heavy atom. The summed E-state index contributed by atoms with van der Waals surface area (Å²) in [5, 5.41) is 24.7. The largest absolute Gasteiger partial charge is 1.00 e. The normalized spacial score (nSPS) is 28.5. The van der Waals surface area contributed by atoms with E-state index in [1.54, 1.807) is 18.2 Å². The van der Waals surface area contributed by atoms with Crippen molar-refractivity contribution in [3.63, 3.8) is 0 Å². The molecule has 6 aliphatic heterocycles. The van der Waals surface area contributed by atoms with Gasteiger partial charge in [-0.1, -0.05) is 49.8 Å². The number of nitrogens with zero attached hydrogens (tertiary/aromatic N) is 2. The first-order valence-corrected chi connectivity index (χ1v) is 40.7. The van der Waals surface area contributed by atoms with Crippen LogP contribution in [0.1, 0.15) is 148 Å². The second-order valence-electron chi connectivity index (χ2n) is 26.7. The van der Waals surface area contributed by atoms with E-state index in [4.69, 9.17) is 4.52 Å². The van der Waals surface area contributed by atoms with Crippen LogP contribution in [0.2, 0.25) is 0 Å². The van der Waals surface area contributed by atoms with Gasteiger partial charge >= 0.3 is 71.2 Å². The molecule has 9 aliphatic rings. The van der Waals surface area contributed by atoms with E-state index in [1.165, 1.54) is 22.0 Å². The number of hydrogen-bond donors (Lipinski definition) is 8. The molecule has 5 saturated heterocycles. The standard InChI is InChI=1S/C33H52N5O8PS.C26H39N5O5S.C7H13O3P.2Na/c1-47(44,45)46-18-15-22-7-6-8-24-28(22)32(42)38(31(24)41)19-21-11-13-23(14-12-21)30(40)35-17-5-4-16-34-27(39)10-3-2-9-26-29-25(20-48-26)36-33(43)37-29;32-21(6-2-1-5-20-24-19(16-37-20)29-26(36)30-24)27-13-3-4-14-28-25(35)18-9-7-17(8-10-18)15-31-22(33)11-12-23(31)34;1-3-4-5-6-7-10-11(2,8)9;;/h6-7,21-26,28-29H,2-5,8-20H2,1H3,(H,34,39)(H,35,40)(H,44,45)(H2,36,37,43);11-12,17-20,24H,1-10,13-16H2,(H,27,32)(H,28,35)(H2,29,30,36);3-5H,1,6-7H2,2H3,(H,8,9);;/q;;;2*+1/p-2/b;;5-4+;;. The molecule has 0 spiro atoms. The first-order chi connectivity index (χ1) is 46.0. The van der Waals surface area contributed by atoms with E-state index in [2.05, 4.69) is 53.6 Å². The van der Waals surface area contributed by atoms with Gasteiger partial charge in [-0.2, -0.15) is 23.5 Å². The molecule has 7 fully saturated rings. The monoisotopic (exact) mass is 1460 g/mol. The van der Waals surface area contributed by atoms with Crippen LogP contribution in [-0.2, 0) is 56.5 Å². The molecule has 3 aliphatic carbocycles. The zero-order valence-electron chi connectivity index (χ0n) is 57.7. The molecule has 0 aromatic heterocycles. The van der Waals surface area contributed by atoms with Gasteiger partial charge in [-0.05, 0) is 140 Å².